The van der Waals surface area contributed by atoms with Gasteiger partial charge in [-0.2, -0.15) is 4.31 Å². The highest BCUT2D eigenvalue weighted by Gasteiger charge is 2.30. The summed E-state index contributed by atoms with van der Waals surface area (Å²) in [6.07, 6.45) is 4.68. The van der Waals surface area contributed by atoms with Gasteiger partial charge >= 0.3 is 0 Å². The molecule has 0 radical (unpaired) electrons. The Kier molecular flexibility index (Phi) is 6.37. The third-order valence-corrected chi connectivity index (χ3v) is 8.16. The van der Waals surface area contributed by atoms with Crippen LogP contribution in [0.1, 0.15) is 13.8 Å². The van der Waals surface area contributed by atoms with Gasteiger partial charge in [0.25, 0.3) is 15.9 Å². The molecule has 2 heterocycles. The van der Waals surface area contributed by atoms with Crippen molar-refractivity contribution < 1.29 is 21.6 Å². The standard InChI is InChI=1S/C18H21ClN4O5S2/c1-3-23(4-2)30(27,28)13-7-8-15(19)16(12-13)20-18(24)14-6-5-9-22-10-11-29(25,26)21-17(14)22/h5-9,12H,3-4,10-11H2,1-2H3,(H,20,24). The van der Waals surface area contributed by atoms with E-state index in [2.05, 4.69) is 9.71 Å². The molecule has 2 aliphatic rings. The van der Waals surface area contributed by atoms with Crippen molar-refractivity contribution in [3.8, 4) is 0 Å². The molecule has 0 saturated heterocycles. The smallest absolute Gasteiger partial charge is 0.259 e. The fraction of sp³-hybridized carbons (Fsp3) is 0.333. The second kappa shape index (κ2) is 8.50. The van der Waals surface area contributed by atoms with E-state index in [-0.39, 0.29) is 39.3 Å². The van der Waals surface area contributed by atoms with Crippen LogP contribution < -0.4 is 5.32 Å². The Hall–Kier alpha value is -2.21. The lowest BCUT2D eigenvalue weighted by atomic mass is 10.1. The Morgan fingerprint density at radius 1 is 1.30 bits per heavy atom. The molecule has 1 aromatic rings. The molecule has 0 fully saturated rings. The second-order valence-corrected chi connectivity index (χ2v) is 10.6. The predicted octanol–water partition coefficient (Wildman–Crippen LogP) is 1.81. The molecule has 0 aromatic heterocycles. The number of sulfonamides is 2. The third-order valence-electron chi connectivity index (χ3n) is 4.63. The number of nitrogens with zero attached hydrogens (tertiary/aromatic N) is 3. The number of benzene rings is 1. The SMILES string of the molecule is CCN(CC)S(=O)(=O)c1ccc(Cl)c(NC(=O)C2=CC=CN3CCS(=O)(=O)N=C23)c1. The van der Waals surface area contributed by atoms with Crippen LogP contribution in [0, 0.1) is 0 Å². The zero-order valence-corrected chi connectivity index (χ0v) is 18.8. The molecule has 0 atom stereocenters. The van der Waals surface area contributed by atoms with Crippen LogP contribution >= 0.6 is 11.6 Å². The van der Waals surface area contributed by atoms with Gasteiger partial charge in [-0.05, 0) is 30.4 Å². The molecule has 12 heteroatoms. The normalized spacial score (nSPS) is 17.9. The topological polar surface area (TPSA) is 116 Å². The molecule has 0 bridgehead atoms. The summed E-state index contributed by atoms with van der Waals surface area (Å²) in [7, 11) is -7.41. The molecule has 0 saturated carbocycles. The highest BCUT2D eigenvalue weighted by molar-refractivity contribution is 7.90. The van der Waals surface area contributed by atoms with E-state index in [0.717, 1.165) is 0 Å². The minimum atomic E-state index is -3.75. The minimum Gasteiger partial charge on any atom is -0.331 e. The zero-order chi connectivity index (χ0) is 22.1. The monoisotopic (exact) mass is 472 g/mol. The van der Waals surface area contributed by atoms with Crippen LogP contribution in [0.5, 0.6) is 0 Å². The summed E-state index contributed by atoms with van der Waals surface area (Å²) < 4.78 is 54.3. The summed E-state index contributed by atoms with van der Waals surface area (Å²) in [4.78, 5) is 14.4. The maximum absolute atomic E-state index is 12.9. The van der Waals surface area contributed by atoms with E-state index in [1.807, 2.05) is 0 Å². The number of carbonyl (C=O) groups is 1. The van der Waals surface area contributed by atoms with Crippen LogP contribution in [0.2, 0.25) is 5.02 Å². The van der Waals surface area contributed by atoms with Crippen molar-refractivity contribution in [3.05, 3.63) is 47.1 Å². The number of fused-ring (bicyclic) bond motifs is 1. The van der Waals surface area contributed by atoms with Crippen molar-refractivity contribution in [1.29, 1.82) is 0 Å². The molecular weight excluding hydrogens is 452 g/mol. The molecule has 0 unspecified atom stereocenters. The minimum absolute atomic E-state index is 0.0115. The summed E-state index contributed by atoms with van der Waals surface area (Å²) >= 11 is 6.17. The molecule has 30 heavy (non-hydrogen) atoms. The van der Waals surface area contributed by atoms with Gasteiger partial charge in [-0.1, -0.05) is 25.4 Å². The number of halogens is 1. The molecule has 1 aromatic carbocycles. The summed E-state index contributed by atoms with van der Waals surface area (Å²) in [5.74, 6) is -0.781. The van der Waals surface area contributed by atoms with Crippen molar-refractivity contribution in [2.24, 2.45) is 4.40 Å². The maximum Gasteiger partial charge on any atom is 0.259 e. The fourth-order valence-corrected chi connectivity index (χ4v) is 5.69. The number of hydrogen-bond acceptors (Lipinski definition) is 6. The number of hydrogen-bond donors (Lipinski definition) is 1. The average molecular weight is 473 g/mol. The van der Waals surface area contributed by atoms with Crippen molar-refractivity contribution >= 4 is 49.1 Å². The molecule has 0 aliphatic carbocycles. The van der Waals surface area contributed by atoms with E-state index in [0.29, 0.717) is 13.1 Å². The number of nitrogens with one attached hydrogen (secondary N) is 1. The summed E-state index contributed by atoms with van der Waals surface area (Å²) in [6.45, 7) is 4.24. The maximum atomic E-state index is 12.9. The molecule has 1 amide bonds. The van der Waals surface area contributed by atoms with Crippen molar-refractivity contribution in [3.63, 3.8) is 0 Å². The lowest BCUT2D eigenvalue weighted by Crippen LogP contribution is -2.40. The first-order chi connectivity index (χ1) is 14.1. The molecule has 1 N–H and O–H groups in total. The summed E-state index contributed by atoms with van der Waals surface area (Å²) in [5, 5.41) is 2.71. The number of amidine groups is 1. The van der Waals surface area contributed by atoms with Gasteiger partial charge in [-0.25, -0.2) is 16.8 Å². The molecule has 3 rings (SSSR count). The van der Waals surface area contributed by atoms with Crippen LogP contribution in [0.3, 0.4) is 0 Å². The largest absolute Gasteiger partial charge is 0.331 e. The van der Waals surface area contributed by atoms with Gasteiger partial charge in [0.05, 0.1) is 26.9 Å². The van der Waals surface area contributed by atoms with Gasteiger partial charge in [-0.15, -0.1) is 4.40 Å². The Morgan fingerprint density at radius 3 is 2.67 bits per heavy atom. The van der Waals surface area contributed by atoms with Gasteiger partial charge < -0.3 is 10.2 Å². The molecule has 162 valence electrons. The van der Waals surface area contributed by atoms with E-state index in [9.17, 15) is 21.6 Å². The van der Waals surface area contributed by atoms with E-state index in [1.165, 1.54) is 28.6 Å². The number of carbonyl (C=O) groups excluding carboxylic acids is 1. The zero-order valence-electron chi connectivity index (χ0n) is 16.4. The number of anilines is 1. The molecule has 0 spiro atoms. The van der Waals surface area contributed by atoms with E-state index < -0.39 is 26.0 Å². The van der Waals surface area contributed by atoms with Crippen LogP contribution in [-0.2, 0) is 24.8 Å². The van der Waals surface area contributed by atoms with Gasteiger partial charge in [0, 0.05) is 25.8 Å². The van der Waals surface area contributed by atoms with Gasteiger partial charge in [-0.3, -0.25) is 4.79 Å². The van der Waals surface area contributed by atoms with Crippen molar-refractivity contribution in [1.82, 2.24) is 9.21 Å². The second-order valence-electron chi connectivity index (χ2n) is 6.50. The fourth-order valence-electron chi connectivity index (χ4n) is 3.06. The lowest BCUT2D eigenvalue weighted by Gasteiger charge is -2.28. The average Bonchev–Trinajstić information content (AvgIpc) is 2.69. The Morgan fingerprint density at radius 2 is 2.00 bits per heavy atom. The number of allylic oxidation sites excluding steroid dienone is 2. The highest BCUT2D eigenvalue weighted by Crippen LogP contribution is 2.28. The van der Waals surface area contributed by atoms with Crippen molar-refractivity contribution in [2.75, 3.05) is 30.7 Å². The Balaban J connectivity index is 1.93. The lowest BCUT2D eigenvalue weighted by molar-refractivity contribution is -0.112. The first kappa shape index (κ1) is 22.5. The van der Waals surface area contributed by atoms with E-state index in [4.69, 9.17) is 11.6 Å². The van der Waals surface area contributed by atoms with Crippen LogP contribution in [0.25, 0.3) is 0 Å². The van der Waals surface area contributed by atoms with Gasteiger partial charge in [0.15, 0.2) is 5.84 Å². The van der Waals surface area contributed by atoms with Gasteiger partial charge in [0.2, 0.25) is 10.0 Å². The van der Waals surface area contributed by atoms with Gasteiger partial charge in [0.1, 0.15) is 0 Å². The first-order valence-corrected chi connectivity index (χ1v) is 12.6. The first-order valence-electron chi connectivity index (χ1n) is 9.18. The number of amides is 1. The summed E-state index contributed by atoms with van der Waals surface area (Å²) in [5.41, 5.74) is 0.130. The van der Waals surface area contributed by atoms with Crippen LogP contribution in [-0.4, -0.2) is 63.2 Å². The Bertz CT molecular complexity index is 1170. The number of rotatable bonds is 6. The molecule has 2 aliphatic heterocycles. The Labute approximate surface area is 180 Å². The van der Waals surface area contributed by atoms with Crippen molar-refractivity contribution in [2.45, 2.75) is 18.7 Å². The van der Waals surface area contributed by atoms with Crippen LogP contribution in [0.15, 0.2) is 51.4 Å². The predicted molar refractivity (Wildman–Crippen MR) is 115 cm³/mol. The van der Waals surface area contributed by atoms with Crippen LogP contribution in [0.4, 0.5) is 5.69 Å². The molecule has 9 nitrogen and oxygen atoms in total. The quantitative estimate of drug-likeness (QED) is 0.674. The summed E-state index contributed by atoms with van der Waals surface area (Å²) in [6, 6.07) is 4.04. The third kappa shape index (κ3) is 4.43. The molecular formula is C18H21ClN4O5S2. The van der Waals surface area contributed by atoms with E-state index in [1.54, 1.807) is 31.0 Å². The highest BCUT2D eigenvalue weighted by atomic mass is 35.5. The van der Waals surface area contributed by atoms with E-state index >= 15 is 0 Å².